The highest BCUT2D eigenvalue weighted by Crippen LogP contribution is 2.34. The average Bonchev–Trinajstić information content (AvgIpc) is 2.54. The summed E-state index contributed by atoms with van der Waals surface area (Å²) < 4.78 is 33.3. The molecular formula is C18H28N2O5S. The Kier molecular flexibility index (Phi) is 6.31. The number of hydrogen-bond donors (Lipinski definition) is 2. The number of sulfonamides is 1. The molecule has 2 rings (SSSR count). The van der Waals surface area contributed by atoms with Gasteiger partial charge in [0.1, 0.15) is 11.3 Å². The average molecular weight is 384 g/mol. The van der Waals surface area contributed by atoms with Crippen LogP contribution in [0.15, 0.2) is 23.1 Å². The van der Waals surface area contributed by atoms with Gasteiger partial charge in [-0.1, -0.05) is 13.8 Å². The van der Waals surface area contributed by atoms with Crippen molar-refractivity contribution in [2.75, 3.05) is 26.7 Å². The number of piperidine rings is 1. The van der Waals surface area contributed by atoms with Gasteiger partial charge in [-0.15, -0.1) is 0 Å². The molecule has 0 amide bonds. The van der Waals surface area contributed by atoms with Crippen LogP contribution in [0.4, 0.5) is 0 Å². The molecule has 0 saturated carbocycles. The second-order valence-corrected chi connectivity index (χ2v) is 9.10. The van der Waals surface area contributed by atoms with Gasteiger partial charge in [-0.05, 0) is 57.0 Å². The van der Waals surface area contributed by atoms with E-state index in [-0.39, 0.29) is 34.2 Å². The molecule has 0 aliphatic carbocycles. The maximum Gasteiger partial charge on any atom is 0.339 e. The summed E-state index contributed by atoms with van der Waals surface area (Å²) in [5.41, 5.74) is -0.162. The van der Waals surface area contributed by atoms with Crippen LogP contribution >= 0.6 is 0 Å². The minimum absolute atomic E-state index is 0.000564. The van der Waals surface area contributed by atoms with Crippen LogP contribution in [0.3, 0.4) is 0 Å². The minimum atomic E-state index is -3.82. The molecule has 0 radical (unpaired) electrons. The first-order chi connectivity index (χ1) is 12.1. The largest absolute Gasteiger partial charge is 0.493 e. The van der Waals surface area contributed by atoms with E-state index in [4.69, 9.17) is 4.74 Å². The van der Waals surface area contributed by atoms with E-state index in [1.807, 2.05) is 7.05 Å². The molecule has 146 valence electrons. The number of nitrogens with zero attached hydrogens (tertiary/aromatic N) is 1. The molecule has 1 aromatic carbocycles. The van der Waals surface area contributed by atoms with E-state index >= 15 is 0 Å². The fourth-order valence-electron chi connectivity index (χ4n) is 3.53. The van der Waals surface area contributed by atoms with E-state index in [0.717, 1.165) is 25.5 Å². The van der Waals surface area contributed by atoms with Gasteiger partial charge in [-0.2, -0.15) is 0 Å². The fourth-order valence-corrected chi connectivity index (χ4v) is 4.60. The van der Waals surface area contributed by atoms with Gasteiger partial charge in [-0.3, -0.25) is 0 Å². The Hall–Kier alpha value is -1.64. The van der Waals surface area contributed by atoms with Crippen molar-refractivity contribution < 1.29 is 23.1 Å². The van der Waals surface area contributed by atoms with Crippen molar-refractivity contribution >= 4 is 16.0 Å². The molecule has 1 aliphatic rings. The van der Waals surface area contributed by atoms with Crippen molar-refractivity contribution in [3.8, 4) is 5.75 Å². The maximum absolute atomic E-state index is 12.7. The molecule has 1 heterocycles. The number of likely N-dealkylation sites (tertiary alicyclic amines) is 1. The molecule has 8 heteroatoms. The smallest absolute Gasteiger partial charge is 0.339 e. The lowest BCUT2D eigenvalue weighted by Gasteiger charge is -2.45. The standard InChI is InChI=1S/C18H28N2O5S/c1-5-25-15-8-7-13(11-14(15)17(21)22)26(23,24)19-12-16-18(2,3)9-6-10-20(16)4/h7-8,11,16,19H,5-6,9-10,12H2,1-4H3,(H,21,22). The first-order valence-corrected chi connectivity index (χ1v) is 10.3. The number of carbonyl (C=O) groups is 1. The van der Waals surface area contributed by atoms with Crippen LogP contribution in [0, 0.1) is 5.41 Å². The van der Waals surface area contributed by atoms with Gasteiger partial charge in [0.25, 0.3) is 0 Å². The molecule has 1 fully saturated rings. The number of aromatic carboxylic acids is 1. The number of ether oxygens (including phenoxy) is 1. The highest BCUT2D eigenvalue weighted by Gasteiger charge is 2.36. The van der Waals surface area contributed by atoms with Gasteiger partial charge >= 0.3 is 5.97 Å². The molecule has 1 aliphatic heterocycles. The van der Waals surface area contributed by atoms with E-state index < -0.39 is 16.0 Å². The number of rotatable bonds is 7. The van der Waals surface area contributed by atoms with Crippen molar-refractivity contribution in [2.24, 2.45) is 5.41 Å². The summed E-state index contributed by atoms with van der Waals surface area (Å²) in [5.74, 6) is -1.06. The Balaban J connectivity index is 2.22. The van der Waals surface area contributed by atoms with Gasteiger partial charge in [0.05, 0.1) is 11.5 Å². The third-order valence-corrected chi connectivity index (χ3v) is 6.45. The molecule has 26 heavy (non-hydrogen) atoms. The molecule has 7 nitrogen and oxygen atoms in total. The van der Waals surface area contributed by atoms with Gasteiger partial charge in [-0.25, -0.2) is 17.9 Å². The Labute approximate surface area is 155 Å². The lowest BCUT2D eigenvalue weighted by atomic mass is 9.77. The summed E-state index contributed by atoms with van der Waals surface area (Å²) in [7, 11) is -1.82. The lowest BCUT2D eigenvalue weighted by molar-refractivity contribution is 0.0619. The van der Waals surface area contributed by atoms with Crippen molar-refractivity contribution in [3.63, 3.8) is 0 Å². The Morgan fingerprint density at radius 1 is 1.42 bits per heavy atom. The predicted octanol–water partition coefficient (Wildman–Crippen LogP) is 2.18. The highest BCUT2D eigenvalue weighted by atomic mass is 32.2. The van der Waals surface area contributed by atoms with Crippen LogP contribution in [-0.2, 0) is 10.0 Å². The summed E-state index contributed by atoms with van der Waals surface area (Å²) in [6.07, 6.45) is 2.13. The Morgan fingerprint density at radius 2 is 2.12 bits per heavy atom. The quantitative estimate of drug-likeness (QED) is 0.748. The van der Waals surface area contributed by atoms with Gasteiger partial charge in [0.15, 0.2) is 0 Å². The van der Waals surface area contributed by atoms with Crippen LogP contribution in [0.1, 0.15) is 44.0 Å². The number of carboxylic acids is 1. The van der Waals surface area contributed by atoms with Gasteiger partial charge in [0.2, 0.25) is 10.0 Å². The summed E-state index contributed by atoms with van der Waals surface area (Å²) in [6, 6.07) is 3.98. The van der Waals surface area contributed by atoms with Crippen molar-refractivity contribution in [2.45, 2.75) is 44.6 Å². The zero-order chi connectivity index (χ0) is 19.5. The molecule has 0 bridgehead atoms. The van der Waals surface area contributed by atoms with E-state index in [2.05, 4.69) is 23.5 Å². The molecule has 1 atom stereocenters. The zero-order valence-corrected chi connectivity index (χ0v) is 16.6. The van der Waals surface area contributed by atoms with Crippen LogP contribution in [-0.4, -0.2) is 57.2 Å². The maximum atomic E-state index is 12.7. The zero-order valence-electron chi connectivity index (χ0n) is 15.8. The number of nitrogens with one attached hydrogen (secondary N) is 1. The van der Waals surface area contributed by atoms with E-state index in [0.29, 0.717) is 6.61 Å². The number of carboxylic acid groups (broad SMARTS) is 1. The number of benzene rings is 1. The fraction of sp³-hybridized carbons (Fsp3) is 0.611. The monoisotopic (exact) mass is 384 g/mol. The van der Waals surface area contributed by atoms with E-state index in [9.17, 15) is 18.3 Å². The summed E-state index contributed by atoms with van der Waals surface area (Å²) in [4.78, 5) is 13.5. The third kappa shape index (κ3) is 4.55. The van der Waals surface area contributed by atoms with Gasteiger partial charge < -0.3 is 14.7 Å². The summed E-state index contributed by atoms with van der Waals surface area (Å²) in [5, 5.41) is 9.32. The SMILES string of the molecule is CCOc1ccc(S(=O)(=O)NCC2N(C)CCCC2(C)C)cc1C(=O)O. The second-order valence-electron chi connectivity index (χ2n) is 7.34. The molecule has 2 N–H and O–H groups in total. The Morgan fingerprint density at radius 3 is 2.69 bits per heavy atom. The van der Waals surface area contributed by atoms with Gasteiger partial charge in [0, 0.05) is 12.6 Å². The summed E-state index contributed by atoms with van der Waals surface area (Å²) in [6.45, 7) is 7.53. The van der Waals surface area contributed by atoms with Crippen LogP contribution < -0.4 is 9.46 Å². The van der Waals surface area contributed by atoms with Crippen molar-refractivity contribution in [1.82, 2.24) is 9.62 Å². The summed E-state index contributed by atoms with van der Waals surface area (Å²) >= 11 is 0. The van der Waals surface area contributed by atoms with E-state index in [1.165, 1.54) is 12.1 Å². The molecule has 0 spiro atoms. The molecule has 0 aromatic heterocycles. The Bertz CT molecular complexity index is 761. The number of hydrogen-bond acceptors (Lipinski definition) is 5. The second kappa shape index (κ2) is 7.94. The minimum Gasteiger partial charge on any atom is -0.493 e. The first-order valence-electron chi connectivity index (χ1n) is 8.78. The third-order valence-electron chi connectivity index (χ3n) is 5.02. The topological polar surface area (TPSA) is 95.9 Å². The molecule has 1 aromatic rings. The number of likely N-dealkylation sites (N-methyl/N-ethyl adjacent to an activating group) is 1. The molecule has 1 unspecified atom stereocenters. The lowest BCUT2D eigenvalue weighted by Crippen LogP contribution is -2.53. The van der Waals surface area contributed by atoms with Crippen molar-refractivity contribution in [1.29, 1.82) is 0 Å². The normalized spacial score (nSPS) is 20.7. The van der Waals surface area contributed by atoms with Crippen LogP contribution in [0.2, 0.25) is 0 Å². The highest BCUT2D eigenvalue weighted by molar-refractivity contribution is 7.89. The van der Waals surface area contributed by atoms with Crippen LogP contribution in [0.5, 0.6) is 5.75 Å². The first kappa shape index (κ1) is 20.7. The van der Waals surface area contributed by atoms with E-state index in [1.54, 1.807) is 6.92 Å². The van der Waals surface area contributed by atoms with Crippen LogP contribution in [0.25, 0.3) is 0 Å². The molecular weight excluding hydrogens is 356 g/mol. The molecule has 1 saturated heterocycles. The van der Waals surface area contributed by atoms with Crippen molar-refractivity contribution in [3.05, 3.63) is 23.8 Å². The predicted molar refractivity (Wildman–Crippen MR) is 99.2 cm³/mol.